The first kappa shape index (κ1) is 24.3. The Hall–Kier alpha value is -2.86. The molecule has 1 saturated carbocycles. The molecule has 3 aliphatic rings. The van der Waals surface area contributed by atoms with Crippen LogP contribution in [-0.2, 0) is 9.59 Å². The molecule has 4 rings (SSSR count). The van der Waals surface area contributed by atoms with Crippen LogP contribution in [0.4, 0.5) is 9.18 Å². The van der Waals surface area contributed by atoms with Crippen molar-refractivity contribution in [3.05, 3.63) is 34.6 Å². The number of carboxylic acid groups (broad SMARTS) is 1. The number of amides is 3. The molecule has 182 valence electrons. The Labute approximate surface area is 202 Å². The van der Waals surface area contributed by atoms with E-state index in [4.69, 9.17) is 11.6 Å². The van der Waals surface area contributed by atoms with Crippen molar-refractivity contribution in [1.82, 2.24) is 14.7 Å². The molecule has 2 saturated heterocycles. The van der Waals surface area contributed by atoms with E-state index in [2.05, 4.69) is 6.07 Å². The smallest absolute Gasteiger partial charge is 0.407 e. The van der Waals surface area contributed by atoms with Crippen molar-refractivity contribution in [2.24, 2.45) is 11.3 Å². The van der Waals surface area contributed by atoms with Gasteiger partial charge in [-0.1, -0.05) is 17.7 Å². The van der Waals surface area contributed by atoms with Crippen molar-refractivity contribution >= 4 is 29.5 Å². The molecule has 2 heterocycles. The molecule has 0 aromatic heterocycles. The molecule has 2 atom stereocenters. The van der Waals surface area contributed by atoms with E-state index in [0.29, 0.717) is 44.3 Å². The van der Waals surface area contributed by atoms with Crippen molar-refractivity contribution < 1.29 is 23.9 Å². The third kappa shape index (κ3) is 4.43. The highest BCUT2D eigenvalue weighted by Gasteiger charge is 2.53. The molecular formula is C24H28ClFN4O4. The Morgan fingerprint density at radius 3 is 2.44 bits per heavy atom. The minimum absolute atomic E-state index is 0.0116. The van der Waals surface area contributed by atoms with Crippen LogP contribution < -0.4 is 0 Å². The monoisotopic (exact) mass is 490 g/mol. The van der Waals surface area contributed by atoms with Crippen LogP contribution in [0.15, 0.2) is 18.2 Å². The number of piperidine rings is 1. The molecule has 3 fully saturated rings. The van der Waals surface area contributed by atoms with Gasteiger partial charge in [-0.3, -0.25) is 9.59 Å². The molecule has 34 heavy (non-hydrogen) atoms. The summed E-state index contributed by atoms with van der Waals surface area (Å²) in [5.74, 6) is -1.44. The number of likely N-dealkylation sites (tertiary alicyclic amines) is 2. The number of likely N-dealkylation sites (N-methyl/N-ethyl adjacent to an activating group) is 1. The van der Waals surface area contributed by atoms with Gasteiger partial charge in [-0.2, -0.15) is 5.26 Å². The van der Waals surface area contributed by atoms with Crippen LogP contribution in [0.3, 0.4) is 0 Å². The molecule has 1 aromatic carbocycles. The minimum Gasteiger partial charge on any atom is -0.465 e. The molecule has 0 unspecified atom stereocenters. The lowest BCUT2D eigenvalue weighted by molar-refractivity contribution is -0.141. The Kier molecular flexibility index (Phi) is 6.72. The van der Waals surface area contributed by atoms with Crippen molar-refractivity contribution in [1.29, 1.82) is 5.26 Å². The molecule has 0 radical (unpaired) electrons. The van der Waals surface area contributed by atoms with E-state index < -0.39 is 23.4 Å². The highest BCUT2D eigenvalue weighted by atomic mass is 35.5. The molecule has 1 aliphatic carbocycles. The highest BCUT2D eigenvalue weighted by molar-refractivity contribution is 6.30. The second-order valence-electron chi connectivity index (χ2n) is 9.42. The first-order valence-electron chi connectivity index (χ1n) is 11.6. The second kappa shape index (κ2) is 9.41. The van der Waals surface area contributed by atoms with Crippen LogP contribution in [0.25, 0.3) is 0 Å². The van der Waals surface area contributed by atoms with Crippen molar-refractivity contribution in [3.63, 3.8) is 0 Å². The standard InChI is InChI=1S/C24H28ClFN4O4/c1-2-30(23(33)34)20-13-29(12-17(20)16-3-4-18(25)19(26)11-16)21(31)15-5-9-28(10-6-15)22(32)24(14-27)7-8-24/h3-4,11,15,17,20H,2,5-10,12-13H2,1H3,(H,33,34)/t17-,20+/m0/s1. The third-order valence-electron chi connectivity index (χ3n) is 7.46. The molecule has 0 bridgehead atoms. The molecule has 2 aliphatic heterocycles. The Balaban J connectivity index is 1.47. The summed E-state index contributed by atoms with van der Waals surface area (Å²) in [5, 5.41) is 19.0. The van der Waals surface area contributed by atoms with Crippen LogP contribution in [0.2, 0.25) is 5.02 Å². The van der Waals surface area contributed by atoms with Gasteiger partial charge in [0.05, 0.1) is 17.1 Å². The predicted molar refractivity (Wildman–Crippen MR) is 122 cm³/mol. The van der Waals surface area contributed by atoms with Gasteiger partial charge in [-0.05, 0) is 50.3 Å². The van der Waals surface area contributed by atoms with Crippen LogP contribution in [-0.4, -0.2) is 76.5 Å². The van der Waals surface area contributed by atoms with Gasteiger partial charge in [0.25, 0.3) is 0 Å². The number of hydrogen-bond acceptors (Lipinski definition) is 4. The number of carbonyl (C=O) groups excluding carboxylic acids is 2. The zero-order valence-electron chi connectivity index (χ0n) is 19.0. The number of rotatable bonds is 5. The molecule has 1 N–H and O–H groups in total. The molecule has 0 spiro atoms. The lowest BCUT2D eigenvalue weighted by Crippen LogP contribution is -2.47. The SMILES string of the molecule is CCN(C(=O)O)[C@@H]1CN(C(=O)C2CCN(C(=O)C3(C#N)CC3)CC2)C[C@H]1c1ccc(Cl)c(F)c1. The molecular weight excluding hydrogens is 463 g/mol. The van der Waals surface area contributed by atoms with Gasteiger partial charge < -0.3 is 19.8 Å². The van der Waals surface area contributed by atoms with Gasteiger partial charge in [0.15, 0.2) is 0 Å². The Morgan fingerprint density at radius 2 is 1.91 bits per heavy atom. The maximum atomic E-state index is 14.2. The van der Waals surface area contributed by atoms with Gasteiger partial charge in [-0.15, -0.1) is 0 Å². The van der Waals surface area contributed by atoms with E-state index >= 15 is 0 Å². The number of nitriles is 1. The van der Waals surface area contributed by atoms with Gasteiger partial charge in [-0.25, -0.2) is 9.18 Å². The molecule has 1 aromatic rings. The van der Waals surface area contributed by atoms with Crippen molar-refractivity contribution in [3.8, 4) is 6.07 Å². The number of carbonyl (C=O) groups is 3. The maximum Gasteiger partial charge on any atom is 0.407 e. The summed E-state index contributed by atoms with van der Waals surface area (Å²) in [7, 11) is 0. The van der Waals surface area contributed by atoms with E-state index in [9.17, 15) is 29.1 Å². The summed E-state index contributed by atoms with van der Waals surface area (Å²) >= 11 is 5.83. The van der Waals surface area contributed by atoms with Gasteiger partial charge in [0.2, 0.25) is 11.8 Å². The van der Waals surface area contributed by atoms with Crippen LogP contribution in [0.1, 0.15) is 44.1 Å². The van der Waals surface area contributed by atoms with Gasteiger partial charge in [0, 0.05) is 44.6 Å². The van der Waals surface area contributed by atoms with Crippen molar-refractivity contribution in [2.75, 3.05) is 32.7 Å². The second-order valence-corrected chi connectivity index (χ2v) is 9.83. The molecule has 3 amide bonds. The summed E-state index contributed by atoms with van der Waals surface area (Å²) in [6.07, 6.45) is 1.12. The van der Waals surface area contributed by atoms with E-state index in [1.54, 1.807) is 22.8 Å². The van der Waals surface area contributed by atoms with Crippen LogP contribution in [0.5, 0.6) is 0 Å². The van der Waals surface area contributed by atoms with Crippen LogP contribution in [0, 0.1) is 28.5 Å². The van der Waals surface area contributed by atoms with Crippen LogP contribution >= 0.6 is 11.6 Å². The fraction of sp³-hybridized carbons (Fsp3) is 0.583. The zero-order chi connectivity index (χ0) is 24.6. The maximum absolute atomic E-state index is 14.2. The Morgan fingerprint density at radius 1 is 1.24 bits per heavy atom. The largest absolute Gasteiger partial charge is 0.465 e. The average Bonchev–Trinajstić information content (AvgIpc) is 3.52. The number of benzene rings is 1. The highest BCUT2D eigenvalue weighted by Crippen LogP contribution is 2.47. The summed E-state index contributed by atoms with van der Waals surface area (Å²) < 4.78 is 14.2. The summed E-state index contributed by atoms with van der Waals surface area (Å²) in [6, 6.07) is 6.08. The third-order valence-corrected chi connectivity index (χ3v) is 7.77. The summed E-state index contributed by atoms with van der Waals surface area (Å²) in [4.78, 5) is 42.5. The number of halogens is 2. The van der Waals surface area contributed by atoms with Gasteiger partial charge >= 0.3 is 6.09 Å². The minimum atomic E-state index is -1.08. The van der Waals surface area contributed by atoms with E-state index in [1.165, 1.54) is 17.0 Å². The average molecular weight is 491 g/mol. The summed E-state index contributed by atoms with van der Waals surface area (Å²) in [5.41, 5.74) is -0.255. The first-order chi connectivity index (χ1) is 16.2. The lowest BCUT2D eigenvalue weighted by atomic mass is 9.93. The van der Waals surface area contributed by atoms with Gasteiger partial charge in [0.1, 0.15) is 11.2 Å². The summed E-state index contributed by atoms with van der Waals surface area (Å²) in [6.45, 7) is 3.35. The molecule has 8 nitrogen and oxygen atoms in total. The topological polar surface area (TPSA) is 105 Å². The van der Waals surface area contributed by atoms with E-state index in [-0.39, 0.29) is 48.3 Å². The lowest BCUT2D eigenvalue weighted by Gasteiger charge is -2.34. The van der Waals surface area contributed by atoms with E-state index in [0.717, 1.165) is 0 Å². The number of nitrogens with zero attached hydrogens (tertiary/aromatic N) is 4. The number of hydrogen-bond donors (Lipinski definition) is 1. The van der Waals surface area contributed by atoms with E-state index in [1.807, 2.05) is 0 Å². The fourth-order valence-corrected chi connectivity index (χ4v) is 5.37. The quantitative estimate of drug-likeness (QED) is 0.681. The zero-order valence-corrected chi connectivity index (χ0v) is 19.8. The molecule has 10 heteroatoms. The predicted octanol–water partition coefficient (Wildman–Crippen LogP) is 3.32. The Bertz CT molecular complexity index is 1030. The van der Waals surface area contributed by atoms with Crippen molar-refractivity contribution in [2.45, 2.75) is 44.6 Å². The fourth-order valence-electron chi connectivity index (χ4n) is 5.25. The first-order valence-corrected chi connectivity index (χ1v) is 12.0. The normalized spacial score (nSPS) is 23.9.